The standard InChI is InChI=1S/C29H48N4O5/c1-18(2)13-14-30-28(37)21(7)31-26(36)17-24(34)23(16-22-11-9-8-10-12-22)32-29(38)27(20(5)6)33-25(35)15-19(3)4/h8-12,18-21,23-24,27,34H,13-17H2,1-7H3,(H,30,37)(H,31,36)(H,32,38)(H,33,35)/t21-,23+,24-,27+/m0/s1. The highest BCUT2D eigenvalue weighted by molar-refractivity contribution is 5.89. The van der Waals surface area contributed by atoms with E-state index in [0.717, 1.165) is 12.0 Å². The van der Waals surface area contributed by atoms with Gasteiger partial charge in [0, 0.05) is 13.0 Å². The Balaban J connectivity index is 2.89. The van der Waals surface area contributed by atoms with Gasteiger partial charge in [-0.05, 0) is 43.1 Å². The van der Waals surface area contributed by atoms with Gasteiger partial charge in [0.1, 0.15) is 12.1 Å². The molecule has 9 nitrogen and oxygen atoms in total. The average molecular weight is 533 g/mol. The summed E-state index contributed by atoms with van der Waals surface area (Å²) in [5.41, 5.74) is 0.875. The lowest BCUT2D eigenvalue weighted by Crippen LogP contribution is -2.55. The summed E-state index contributed by atoms with van der Waals surface area (Å²) >= 11 is 0. The summed E-state index contributed by atoms with van der Waals surface area (Å²) in [6, 6.07) is 7.01. The zero-order valence-corrected chi connectivity index (χ0v) is 24.0. The normalized spacial score (nSPS) is 14.5. The number of carbonyl (C=O) groups is 4. The largest absolute Gasteiger partial charge is 0.390 e. The summed E-state index contributed by atoms with van der Waals surface area (Å²) < 4.78 is 0. The Morgan fingerprint density at radius 1 is 0.763 bits per heavy atom. The SMILES string of the molecule is CC(C)CCNC(=O)[C@H](C)NC(=O)C[C@H](O)[C@@H](Cc1ccccc1)NC(=O)[C@H](NC(=O)CC(C)C)C(C)C. The number of hydrogen-bond acceptors (Lipinski definition) is 5. The van der Waals surface area contributed by atoms with Crippen LogP contribution in [0.3, 0.4) is 0 Å². The van der Waals surface area contributed by atoms with Crippen LogP contribution in [0.15, 0.2) is 30.3 Å². The molecule has 0 saturated carbocycles. The maximum atomic E-state index is 13.2. The molecule has 0 heterocycles. The number of amides is 4. The molecule has 38 heavy (non-hydrogen) atoms. The van der Waals surface area contributed by atoms with E-state index in [2.05, 4.69) is 35.1 Å². The first kappa shape index (κ1) is 33.1. The van der Waals surface area contributed by atoms with Gasteiger partial charge >= 0.3 is 0 Å². The molecule has 0 aliphatic heterocycles. The van der Waals surface area contributed by atoms with Crippen LogP contribution in [0.5, 0.6) is 0 Å². The number of aliphatic hydroxyl groups excluding tert-OH is 1. The minimum absolute atomic E-state index is 0.150. The molecule has 0 aliphatic rings. The van der Waals surface area contributed by atoms with Gasteiger partial charge in [-0.25, -0.2) is 0 Å². The quantitative estimate of drug-likeness (QED) is 0.223. The predicted molar refractivity (Wildman–Crippen MR) is 149 cm³/mol. The van der Waals surface area contributed by atoms with Crippen LogP contribution in [-0.2, 0) is 25.6 Å². The molecule has 4 atom stereocenters. The molecule has 5 N–H and O–H groups in total. The van der Waals surface area contributed by atoms with Gasteiger partial charge in [-0.15, -0.1) is 0 Å². The van der Waals surface area contributed by atoms with Gasteiger partial charge in [-0.2, -0.15) is 0 Å². The van der Waals surface area contributed by atoms with Crippen LogP contribution in [0.1, 0.15) is 73.3 Å². The summed E-state index contributed by atoms with van der Waals surface area (Å²) in [5.74, 6) is -1.01. The molecule has 0 spiro atoms. The molecule has 9 heteroatoms. The van der Waals surface area contributed by atoms with Crippen molar-refractivity contribution in [2.45, 2.75) is 98.4 Å². The van der Waals surface area contributed by atoms with Crippen molar-refractivity contribution in [3.8, 4) is 0 Å². The second-order valence-corrected chi connectivity index (χ2v) is 11.2. The highest BCUT2D eigenvalue weighted by Crippen LogP contribution is 2.12. The summed E-state index contributed by atoms with van der Waals surface area (Å²) in [4.78, 5) is 50.5. The molecular formula is C29H48N4O5. The van der Waals surface area contributed by atoms with Crippen LogP contribution >= 0.6 is 0 Å². The van der Waals surface area contributed by atoms with Gasteiger partial charge in [-0.3, -0.25) is 19.2 Å². The third kappa shape index (κ3) is 13.0. The zero-order valence-electron chi connectivity index (χ0n) is 24.0. The molecule has 0 fully saturated rings. The fourth-order valence-electron chi connectivity index (χ4n) is 3.90. The predicted octanol–water partition coefficient (Wildman–Crippen LogP) is 2.32. The van der Waals surface area contributed by atoms with E-state index in [9.17, 15) is 24.3 Å². The molecule has 1 aromatic carbocycles. The van der Waals surface area contributed by atoms with Crippen LogP contribution < -0.4 is 21.3 Å². The topological polar surface area (TPSA) is 137 Å². The van der Waals surface area contributed by atoms with Crippen molar-refractivity contribution in [2.24, 2.45) is 17.8 Å². The number of aliphatic hydroxyl groups is 1. The lowest BCUT2D eigenvalue weighted by molar-refractivity contribution is -0.132. The number of rotatable bonds is 16. The Morgan fingerprint density at radius 3 is 1.92 bits per heavy atom. The monoisotopic (exact) mass is 532 g/mol. The van der Waals surface area contributed by atoms with Gasteiger partial charge in [0.25, 0.3) is 0 Å². The summed E-state index contributed by atoms with van der Waals surface area (Å²) in [6.45, 7) is 13.8. The molecule has 1 rings (SSSR count). The van der Waals surface area contributed by atoms with Crippen molar-refractivity contribution < 1.29 is 24.3 Å². The van der Waals surface area contributed by atoms with Crippen LogP contribution in [-0.4, -0.2) is 59.5 Å². The Bertz CT molecular complexity index is 888. The fourth-order valence-corrected chi connectivity index (χ4v) is 3.90. The van der Waals surface area contributed by atoms with E-state index in [1.54, 1.807) is 6.92 Å². The average Bonchev–Trinajstić information content (AvgIpc) is 2.81. The van der Waals surface area contributed by atoms with Crippen molar-refractivity contribution >= 4 is 23.6 Å². The fraction of sp³-hybridized carbons (Fsp3) is 0.655. The zero-order chi connectivity index (χ0) is 28.8. The molecule has 4 amide bonds. The molecule has 1 aromatic rings. The first-order valence-electron chi connectivity index (χ1n) is 13.7. The van der Waals surface area contributed by atoms with Gasteiger partial charge < -0.3 is 26.4 Å². The Kier molecular flexibility index (Phi) is 14.6. The van der Waals surface area contributed by atoms with E-state index in [4.69, 9.17) is 0 Å². The number of hydrogen-bond donors (Lipinski definition) is 5. The van der Waals surface area contributed by atoms with Crippen molar-refractivity contribution in [2.75, 3.05) is 6.54 Å². The maximum absolute atomic E-state index is 13.2. The summed E-state index contributed by atoms with van der Waals surface area (Å²) in [7, 11) is 0. The first-order chi connectivity index (χ1) is 17.8. The van der Waals surface area contributed by atoms with Crippen molar-refractivity contribution in [3.05, 3.63) is 35.9 Å². The van der Waals surface area contributed by atoms with Gasteiger partial charge in [0.2, 0.25) is 23.6 Å². The number of carbonyl (C=O) groups excluding carboxylic acids is 4. The highest BCUT2D eigenvalue weighted by Gasteiger charge is 2.30. The minimum Gasteiger partial charge on any atom is -0.390 e. The van der Waals surface area contributed by atoms with E-state index in [1.165, 1.54) is 0 Å². The second kappa shape index (κ2) is 16.8. The molecule has 0 radical (unpaired) electrons. The molecule has 0 bridgehead atoms. The van der Waals surface area contributed by atoms with Crippen molar-refractivity contribution in [1.82, 2.24) is 21.3 Å². The molecule has 214 valence electrons. The van der Waals surface area contributed by atoms with E-state index in [1.807, 2.05) is 58.0 Å². The van der Waals surface area contributed by atoms with E-state index in [-0.39, 0.29) is 36.5 Å². The molecule has 0 aliphatic carbocycles. The Hall–Kier alpha value is -2.94. The van der Waals surface area contributed by atoms with Crippen molar-refractivity contribution in [1.29, 1.82) is 0 Å². The first-order valence-corrected chi connectivity index (χ1v) is 13.7. The van der Waals surface area contributed by atoms with E-state index >= 15 is 0 Å². The van der Waals surface area contributed by atoms with Gasteiger partial charge in [0.05, 0.1) is 18.6 Å². The van der Waals surface area contributed by atoms with Crippen LogP contribution in [0.4, 0.5) is 0 Å². The van der Waals surface area contributed by atoms with Gasteiger partial charge in [-0.1, -0.05) is 71.9 Å². The second-order valence-electron chi connectivity index (χ2n) is 11.2. The molecular weight excluding hydrogens is 484 g/mol. The van der Waals surface area contributed by atoms with Gasteiger partial charge in [0.15, 0.2) is 0 Å². The minimum atomic E-state index is -1.21. The molecule has 0 aromatic heterocycles. The lowest BCUT2D eigenvalue weighted by Gasteiger charge is -2.29. The molecule has 0 saturated heterocycles. The maximum Gasteiger partial charge on any atom is 0.243 e. The third-order valence-electron chi connectivity index (χ3n) is 6.14. The van der Waals surface area contributed by atoms with Crippen LogP contribution in [0.2, 0.25) is 0 Å². The van der Waals surface area contributed by atoms with Crippen LogP contribution in [0.25, 0.3) is 0 Å². The lowest BCUT2D eigenvalue weighted by atomic mass is 9.96. The smallest absolute Gasteiger partial charge is 0.243 e. The highest BCUT2D eigenvalue weighted by atomic mass is 16.3. The third-order valence-corrected chi connectivity index (χ3v) is 6.14. The van der Waals surface area contributed by atoms with Crippen LogP contribution in [0, 0.1) is 17.8 Å². The van der Waals surface area contributed by atoms with Crippen molar-refractivity contribution in [3.63, 3.8) is 0 Å². The van der Waals surface area contributed by atoms with E-state index < -0.39 is 36.0 Å². The number of nitrogens with one attached hydrogen (secondary N) is 4. The number of benzene rings is 1. The summed E-state index contributed by atoms with van der Waals surface area (Å²) in [5, 5.41) is 22.1. The van der Waals surface area contributed by atoms with E-state index in [0.29, 0.717) is 18.9 Å². The Labute approximate surface area is 227 Å². The molecule has 0 unspecified atom stereocenters. The summed E-state index contributed by atoms with van der Waals surface area (Å²) in [6.07, 6.45) is -0.0867. The Morgan fingerprint density at radius 2 is 1.37 bits per heavy atom.